The van der Waals surface area contributed by atoms with Crippen LogP contribution in [-0.4, -0.2) is 83.0 Å². The van der Waals surface area contributed by atoms with Crippen molar-refractivity contribution in [2.24, 2.45) is 0 Å². The highest BCUT2D eigenvalue weighted by molar-refractivity contribution is 6.76. The average molecular weight is 612 g/mol. The minimum Gasteiger partial charge on any atom is -0.392 e. The Hall–Kier alpha value is -2.57. The molecule has 0 aliphatic carbocycles. The molecule has 1 aromatic carbocycles. The molecule has 9 heteroatoms. The Morgan fingerprint density at radius 2 is 0.422 bits per heavy atom. The van der Waals surface area contributed by atoms with Crippen molar-refractivity contribution in [3.8, 4) is 0 Å². The van der Waals surface area contributed by atoms with Crippen LogP contribution in [0.15, 0.2) is 55.4 Å². The van der Waals surface area contributed by atoms with Gasteiger partial charge in [-0.15, -0.1) is 0 Å². The third kappa shape index (κ3) is 6.93. The summed E-state index contributed by atoms with van der Waals surface area (Å²) in [5, 5.41) is 0. The van der Waals surface area contributed by atoms with Gasteiger partial charge in [0.2, 0.25) is 0 Å². The van der Waals surface area contributed by atoms with Gasteiger partial charge in [-0.1, -0.05) is 18.2 Å². The standard InChI is InChI=1S/C36H63B3N6/c1-31(2,3)40-19-20-41(32(4,5)6)37(40)28-25-29(38-42(33(7,8)9)21-22-43(38)34(10,11)12)27-30(26-28)39-44(35(13,14)15)23-24-45(39)36(16,17)18/h19-27H,1-18H3. The first-order valence-corrected chi connectivity index (χ1v) is 17.0. The second-order valence-corrected chi connectivity index (χ2v) is 19.4. The third-order valence-electron chi connectivity index (χ3n) is 9.29. The van der Waals surface area contributed by atoms with Gasteiger partial charge >= 0.3 is 20.9 Å². The molecule has 0 radical (unpaired) electrons. The molecule has 0 atom stereocenters. The van der Waals surface area contributed by atoms with Crippen LogP contribution >= 0.6 is 0 Å². The lowest BCUT2D eigenvalue weighted by atomic mass is 9.52. The van der Waals surface area contributed by atoms with Crippen molar-refractivity contribution in [1.82, 2.24) is 28.9 Å². The quantitative estimate of drug-likeness (QED) is 0.398. The maximum absolute atomic E-state index is 2.55. The smallest absolute Gasteiger partial charge is 0.392 e. The van der Waals surface area contributed by atoms with Gasteiger partial charge in [0.25, 0.3) is 0 Å². The van der Waals surface area contributed by atoms with E-state index in [4.69, 9.17) is 0 Å². The monoisotopic (exact) mass is 613 g/mol. The molecule has 246 valence electrons. The summed E-state index contributed by atoms with van der Waals surface area (Å²) >= 11 is 0. The highest BCUT2D eigenvalue weighted by Crippen LogP contribution is 2.32. The largest absolute Gasteiger partial charge is 0.411 e. The van der Waals surface area contributed by atoms with Gasteiger partial charge in [0.15, 0.2) is 0 Å². The van der Waals surface area contributed by atoms with Crippen LogP contribution in [-0.2, 0) is 0 Å². The highest BCUT2D eigenvalue weighted by Gasteiger charge is 2.49. The first-order chi connectivity index (χ1) is 20.1. The van der Waals surface area contributed by atoms with Crippen LogP contribution in [0.5, 0.6) is 0 Å². The van der Waals surface area contributed by atoms with Crippen LogP contribution in [0.1, 0.15) is 125 Å². The first kappa shape index (κ1) is 35.3. The van der Waals surface area contributed by atoms with E-state index in [1.807, 2.05) is 0 Å². The lowest BCUT2D eigenvalue weighted by Crippen LogP contribution is -2.68. The zero-order chi connectivity index (χ0) is 34.3. The van der Waals surface area contributed by atoms with Gasteiger partial charge in [-0.25, -0.2) is 0 Å². The molecule has 0 amide bonds. The molecule has 45 heavy (non-hydrogen) atoms. The van der Waals surface area contributed by atoms with Crippen molar-refractivity contribution in [3.63, 3.8) is 0 Å². The first-order valence-electron chi connectivity index (χ1n) is 17.0. The summed E-state index contributed by atoms with van der Waals surface area (Å²) in [5.74, 6) is 0. The predicted molar refractivity (Wildman–Crippen MR) is 200 cm³/mol. The Kier molecular flexibility index (Phi) is 8.64. The maximum atomic E-state index is 2.55. The molecule has 0 N–H and O–H groups in total. The van der Waals surface area contributed by atoms with Crippen molar-refractivity contribution < 1.29 is 0 Å². The number of hydrogen-bond acceptors (Lipinski definition) is 6. The normalized spacial score (nSPS) is 18.7. The third-order valence-corrected chi connectivity index (χ3v) is 9.29. The van der Waals surface area contributed by atoms with E-state index in [9.17, 15) is 0 Å². The molecule has 3 aliphatic heterocycles. The van der Waals surface area contributed by atoms with Gasteiger partial charge in [0, 0.05) is 70.4 Å². The molecule has 0 fully saturated rings. The lowest BCUT2D eigenvalue weighted by molar-refractivity contribution is 0.286. The zero-order valence-electron chi connectivity index (χ0n) is 32.1. The van der Waals surface area contributed by atoms with Gasteiger partial charge in [-0.05, 0) is 141 Å². The fourth-order valence-electron chi connectivity index (χ4n) is 6.98. The van der Waals surface area contributed by atoms with Gasteiger partial charge in [0.1, 0.15) is 0 Å². The fraction of sp³-hybridized carbons (Fsp3) is 0.667. The molecule has 0 unspecified atom stereocenters. The molecule has 0 aromatic heterocycles. The second kappa shape index (κ2) is 11.0. The Morgan fingerprint density at radius 3 is 0.533 bits per heavy atom. The molecule has 6 nitrogen and oxygen atoms in total. The van der Waals surface area contributed by atoms with Crippen LogP contribution in [0.2, 0.25) is 0 Å². The topological polar surface area (TPSA) is 19.4 Å². The van der Waals surface area contributed by atoms with E-state index in [1.165, 1.54) is 16.4 Å². The Bertz CT molecular complexity index is 1080. The summed E-state index contributed by atoms with van der Waals surface area (Å²) in [6.45, 7) is 42.1. The van der Waals surface area contributed by atoms with Gasteiger partial charge in [-0.2, -0.15) is 0 Å². The fourth-order valence-corrected chi connectivity index (χ4v) is 6.98. The number of benzene rings is 1. The summed E-state index contributed by atoms with van der Waals surface area (Å²) in [5.41, 5.74) is 3.70. The molecule has 0 saturated carbocycles. The van der Waals surface area contributed by atoms with Gasteiger partial charge in [-0.3, -0.25) is 0 Å². The lowest BCUT2D eigenvalue weighted by Gasteiger charge is -2.46. The SMILES string of the molecule is CC(C)(C)N1C=CN(C(C)(C)C)B1c1cc(B2N(C(C)(C)C)C=CN2C(C)(C)C)cc(B2N(C(C)(C)C)C=CN2C(C)(C)C)c1. The summed E-state index contributed by atoms with van der Waals surface area (Å²) in [6, 6.07) is 7.54. The maximum Gasteiger partial charge on any atom is 0.411 e. The van der Waals surface area contributed by atoms with Crippen LogP contribution in [0.25, 0.3) is 0 Å². The van der Waals surface area contributed by atoms with Crippen LogP contribution in [0.4, 0.5) is 0 Å². The van der Waals surface area contributed by atoms with Gasteiger partial charge in [0.05, 0.1) is 0 Å². The van der Waals surface area contributed by atoms with E-state index in [0.717, 1.165) is 0 Å². The highest BCUT2D eigenvalue weighted by atomic mass is 15.3. The van der Waals surface area contributed by atoms with Crippen LogP contribution < -0.4 is 16.4 Å². The van der Waals surface area contributed by atoms with Crippen molar-refractivity contribution in [2.45, 2.75) is 158 Å². The summed E-state index contributed by atoms with van der Waals surface area (Å²) < 4.78 is 0. The molecule has 4 rings (SSSR count). The molecular formula is C36H63B3N6. The molecule has 0 saturated heterocycles. The predicted octanol–water partition coefficient (Wildman–Crippen LogP) is 5.83. The molecular weight excluding hydrogens is 549 g/mol. The molecule has 3 heterocycles. The molecule has 3 aliphatic rings. The average Bonchev–Trinajstić information content (AvgIpc) is 3.58. The van der Waals surface area contributed by atoms with Crippen molar-refractivity contribution >= 4 is 37.3 Å². The Morgan fingerprint density at radius 1 is 0.289 bits per heavy atom. The minimum absolute atomic E-state index is 0.0507. The van der Waals surface area contributed by atoms with E-state index in [0.29, 0.717) is 0 Å². The van der Waals surface area contributed by atoms with E-state index in [2.05, 4.69) is 209 Å². The minimum atomic E-state index is -0.0507. The summed E-state index contributed by atoms with van der Waals surface area (Å²) in [7, 11) is 0. The molecule has 1 aromatic rings. The Labute approximate surface area is 278 Å². The van der Waals surface area contributed by atoms with Gasteiger partial charge < -0.3 is 28.9 Å². The van der Waals surface area contributed by atoms with E-state index >= 15 is 0 Å². The van der Waals surface area contributed by atoms with Crippen LogP contribution in [0, 0.1) is 0 Å². The van der Waals surface area contributed by atoms with E-state index in [-0.39, 0.29) is 54.2 Å². The molecule has 0 spiro atoms. The summed E-state index contributed by atoms with van der Waals surface area (Å²) in [6.07, 6.45) is 13.8. The number of rotatable bonds is 3. The van der Waals surface area contributed by atoms with Crippen molar-refractivity contribution in [3.05, 3.63) is 55.4 Å². The van der Waals surface area contributed by atoms with E-state index < -0.39 is 0 Å². The van der Waals surface area contributed by atoms with Crippen molar-refractivity contribution in [2.75, 3.05) is 0 Å². The zero-order valence-corrected chi connectivity index (χ0v) is 32.1. The van der Waals surface area contributed by atoms with Crippen LogP contribution in [0.3, 0.4) is 0 Å². The second-order valence-electron chi connectivity index (χ2n) is 19.4. The number of nitrogens with zero attached hydrogens (tertiary/aromatic N) is 6. The Balaban J connectivity index is 2.05. The summed E-state index contributed by atoms with van der Waals surface area (Å²) in [4.78, 5) is 15.3. The number of hydrogen-bond donors (Lipinski definition) is 0. The van der Waals surface area contributed by atoms with E-state index in [1.54, 1.807) is 0 Å². The van der Waals surface area contributed by atoms with Crippen molar-refractivity contribution in [1.29, 1.82) is 0 Å². The molecule has 0 bridgehead atoms.